The molecule has 0 amide bonds. The largest absolute Gasteiger partial charge is 0.481 e. The molecule has 1 rings (SSSR count). The molecule has 0 aliphatic rings. The van der Waals surface area contributed by atoms with Gasteiger partial charge in [0.15, 0.2) is 0 Å². The highest BCUT2D eigenvalue weighted by Gasteiger charge is 2.42. The lowest BCUT2D eigenvalue weighted by Gasteiger charge is -2.19. The molecule has 0 spiro atoms. The summed E-state index contributed by atoms with van der Waals surface area (Å²) in [4.78, 5) is 10.4. The normalized spacial score (nSPS) is 12.8. The van der Waals surface area contributed by atoms with Crippen LogP contribution in [0.1, 0.15) is 23.5 Å². The van der Waals surface area contributed by atoms with Gasteiger partial charge in [0.2, 0.25) is 0 Å². The van der Waals surface area contributed by atoms with Gasteiger partial charge < -0.3 is 5.11 Å². The molecule has 1 unspecified atom stereocenters. The zero-order valence-electron chi connectivity index (χ0n) is 8.53. The highest BCUT2D eigenvalue weighted by atomic mass is 19.4. The smallest absolute Gasteiger partial charge is 0.396 e. The van der Waals surface area contributed by atoms with E-state index in [9.17, 15) is 18.0 Å². The Morgan fingerprint density at radius 2 is 2.00 bits per heavy atom. The first-order chi connectivity index (χ1) is 7.86. The molecule has 3 nitrogen and oxygen atoms in total. The van der Waals surface area contributed by atoms with E-state index >= 15 is 0 Å². The maximum Gasteiger partial charge on any atom is 0.396 e. The monoisotopic (exact) mass is 243 g/mol. The van der Waals surface area contributed by atoms with Crippen molar-refractivity contribution in [2.24, 2.45) is 0 Å². The van der Waals surface area contributed by atoms with E-state index in [1.807, 2.05) is 0 Å². The Kier molecular flexibility index (Phi) is 3.73. The fourth-order valence-electron chi connectivity index (χ4n) is 1.48. The van der Waals surface area contributed by atoms with Gasteiger partial charge in [-0.2, -0.15) is 18.4 Å². The second-order valence-corrected chi connectivity index (χ2v) is 3.39. The van der Waals surface area contributed by atoms with Crippen LogP contribution < -0.4 is 0 Å². The summed E-state index contributed by atoms with van der Waals surface area (Å²) in [5.41, 5.74) is -0.457. The summed E-state index contributed by atoms with van der Waals surface area (Å²) in [7, 11) is 0. The standard InChI is InChI=1S/C11H8F3NO2/c12-11(13,14)9(5-10(16)17)8-4-2-1-3-7(8)6-15/h1-4,9H,5H2,(H,16,17). The lowest BCUT2D eigenvalue weighted by molar-refractivity contribution is -0.163. The molecule has 0 bridgehead atoms. The highest BCUT2D eigenvalue weighted by molar-refractivity contribution is 5.68. The van der Waals surface area contributed by atoms with Crippen molar-refractivity contribution in [3.63, 3.8) is 0 Å². The Hall–Kier alpha value is -2.03. The van der Waals surface area contributed by atoms with Gasteiger partial charge in [0.25, 0.3) is 0 Å². The van der Waals surface area contributed by atoms with Crippen molar-refractivity contribution in [2.45, 2.75) is 18.5 Å². The van der Waals surface area contributed by atoms with Crippen molar-refractivity contribution >= 4 is 5.97 Å². The predicted octanol–water partition coefficient (Wildman–Crippen LogP) is 2.68. The molecule has 0 saturated carbocycles. The molecule has 0 fully saturated rings. The van der Waals surface area contributed by atoms with Crippen molar-refractivity contribution in [3.8, 4) is 6.07 Å². The molecule has 1 aromatic carbocycles. The molecule has 17 heavy (non-hydrogen) atoms. The van der Waals surface area contributed by atoms with Crippen LogP contribution in [-0.2, 0) is 4.79 Å². The molecule has 0 radical (unpaired) electrons. The van der Waals surface area contributed by atoms with E-state index in [4.69, 9.17) is 10.4 Å². The van der Waals surface area contributed by atoms with Crippen molar-refractivity contribution < 1.29 is 23.1 Å². The summed E-state index contributed by atoms with van der Waals surface area (Å²) in [6.07, 6.45) is -5.77. The zero-order valence-corrected chi connectivity index (χ0v) is 8.53. The number of alkyl halides is 3. The summed E-state index contributed by atoms with van der Waals surface area (Å²) in [5.74, 6) is -3.71. The quantitative estimate of drug-likeness (QED) is 0.887. The summed E-state index contributed by atoms with van der Waals surface area (Å²) >= 11 is 0. The van der Waals surface area contributed by atoms with E-state index in [1.54, 1.807) is 6.07 Å². The number of nitrogens with zero attached hydrogens (tertiary/aromatic N) is 1. The number of benzene rings is 1. The second-order valence-electron chi connectivity index (χ2n) is 3.39. The van der Waals surface area contributed by atoms with Crippen LogP contribution in [0.25, 0.3) is 0 Å². The molecule has 1 aromatic rings. The van der Waals surface area contributed by atoms with Crippen LogP contribution in [0.3, 0.4) is 0 Å². The number of rotatable bonds is 3. The number of carboxylic acid groups (broad SMARTS) is 1. The lowest BCUT2D eigenvalue weighted by atomic mass is 9.91. The van der Waals surface area contributed by atoms with Crippen molar-refractivity contribution in [1.29, 1.82) is 5.26 Å². The second kappa shape index (κ2) is 4.87. The van der Waals surface area contributed by atoms with Crippen molar-refractivity contribution in [1.82, 2.24) is 0 Å². The molecule has 0 aromatic heterocycles. The molecule has 0 heterocycles. The van der Waals surface area contributed by atoms with Gasteiger partial charge in [0.1, 0.15) is 0 Å². The number of aliphatic carboxylic acids is 1. The third-order valence-electron chi connectivity index (χ3n) is 2.23. The Bertz CT molecular complexity index is 463. The number of hydrogen-bond acceptors (Lipinski definition) is 2. The van der Waals surface area contributed by atoms with Gasteiger partial charge in [-0.3, -0.25) is 4.79 Å². The van der Waals surface area contributed by atoms with Gasteiger partial charge >= 0.3 is 12.1 Å². The summed E-state index contributed by atoms with van der Waals surface area (Å²) in [5, 5.41) is 17.2. The summed E-state index contributed by atoms with van der Waals surface area (Å²) < 4.78 is 38.1. The maximum atomic E-state index is 12.7. The Morgan fingerprint density at radius 1 is 1.41 bits per heavy atom. The molecule has 90 valence electrons. The van der Waals surface area contributed by atoms with Crippen LogP contribution in [0.2, 0.25) is 0 Å². The van der Waals surface area contributed by atoms with Crippen LogP contribution in [0.4, 0.5) is 13.2 Å². The lowest BCUT2D eigenvalue weighted by Crippen LogP contribution is -2.24. The molecular formula is C11H8F3NO2. The zero-order chi connectivity index (χ0) is 13.1. The topological polar surface area (TPSA) is 61.1 Å². The fourth-order valence-corrected chi connectivity index (χ4v) is 1.48. The Labute approximate surface area is 95.1 Å². The first-order valence-electron chi connectivity index (χ1n) is 4.63. The molecular weight excluding hydrogens is 235 g/mol. The third-order valence-corrected chi connectivity index (χ3v) is 2.23. The Balaban J connectivity index is 3.23. The number of hydrogen-bond donors (Lipinski definition) is 1. The average molecular weight is 243 g/mol. The van der Waals surface area contributed by atoms with E-state index in [-0.39, 0.29) is 11.1 Å². The molecule has 1 N–H and O–H groups in total. The van der Waals surface area contributed by atoms with Crippen LogP contribution in [0, 0.1) is 11.3 Å². The first-order valence-corrected chi connectivity index (χ1v) is 4.63. The van der Waals surface area contributed by atoms with Crippen molar-refractivity contribution in [2.75, 3.05) is 0 Å². The molecule has 6 heteroatoms. The predicted molar refractivity (Wildman–Crippen MR) is 52.2 cm³/mol. The molecule has 0 saturated heterocycles. The van der Waals surface area contributed by atoms with Gasteiger partial charge in [0.05, 0.1) is 24.0 Å². The van der Waals surface area contributed by atoms with Crippen LogP contribution in [0.5, 0.6) is 0 Å². The summed E-state index contributed by atoms with van der Waals surface area (Å²) in [6, 6.07) is 6.76. The van der Waals surface area contributed by atoms with Crippen LogP contribution in [-0.4, -0.2) is 17.3 Å². The SMILES string of the molecule is N#Cc1ccccc1C(CC(=O)O)C(F)(F)F. The number of carbonyl (C=O) groups is 1. The minimum atomic E-state index is -4.69. The van der Waals surface area contributed by atoms with Crippen molar-refractivity contribution in [3.05, 3.63) is 35.4 Å². The Morgan fingerprint density at radius 3 is 2.47 bits per heavy atom. The van der Waals surface area contributed by atoms with Gasteiger partial charge in [0, 0.05) is 0 Å². The fraction of sp³-hybridized carbons (Fsp3) is 0.273. The number of carboxylic acids is 1. The van der Waals surface area contributed by atoms with Gasteiger partial charge in [-0.1, -0.05) is 18.2 Å². The summed E-state index contributed by atoms with van der Waals surface area (Å²) in [6.45, 7) is 0. The minimum absolute atomic E-state index is 0.156. The minimum Gasteiger partial charge on any atom is -0.481 e. The molecule has 0 aliphatic heterocycles. The molecule has 0 aliphatic carbocycles. The number of nitriles is 1. The van der Waals surface area contributed by atoms with Gasteiger partial charge in [-0.25, -0.2) is 0 Å². The number of halogens is 3. The first kappa shape index (κ1) is 13.0. The van der Waals surface area contributed by atoms with Crippen LogP contribution in [0.15, 0.2) is 24.3 Å². The average Bonchev–Trinajstić information content (AvgIpc) is 2.24. The van der Waals surface area contributed by atoms with E-state index in [2.05, 4.69) is 0 Å². The highest BCUT2D eigenvalue weighted by Crippen LogP contribution is 2.38. The van der Waals surface area contributed by atoms with E-state index in [1.165, 1.54) is 18.2 Å². The van der Waals surface area contributed by atoms with Gasteiger partial charge in [-0.05, 0) is 11.6 Å². The third kappa shape index (κ3) is 3.21. The maximum absolute atomic E-state index is 12.7. The van der Waals surface area contributed by atoms with E-state index < -0.39 is 24.5 Å². The van der Waals surface area contributed by atoms with E-state index in [0.29, 0.717) is 0 Å². The van der Waals surface area contributed by atoms with E-state index in [0.717, 1.165) is 6.07 Å². The van der Waals surface area contributed by atoms with Gasteiger partial charge in [-0.15, -0.1) is 0 Å². The molecule has 1 atom stereocenters. The van der Waals surface area contributed by atoms with Crippen LogP contribution >= 0.6 is 0 Å².